The molecule has 2 aromatic carbocycles. The minimum atomic E-state index is -4.65. The van der Waals surface area contributed by atoms with Crippen molar-refractivity contribution in [3.05, 3.63) is 70.5 Å². The summed E-state index contributed by atoms with van der Waals surface area (Å²) in [6.07, 6.45) is -3.27. The fourth-order valence-electron chi connectivity index (χ4n) is 4.89. The van der Waals surface area contributed by atoms with Gasteiger partial charge in [0.25, 0.3) is 0 Å². The van der Waals surface area contributed by atoms with Gasteiger partial charge in [-0.3, -0.25) is 9.69 Å². The molecule has 33 heavy (non-hydrogen) atoms. The van der Waals surface area contributed by atoms with E-state index in [0.717, 1.165) is 42.8 Å². The molecule has 0 radical (unpaired) electrons. The third-order valence-electron chi connectivity index (χ3n) is 6.28. The zero-order chi connectivity index (χ0) is 22.2. The van der Waals surface area contributed by atoms with Crippen molar-refractivity contribution in [1.29, 1.82) is 0 Å². The van der Waals surface area contributed by atoms with Crippen LogP contribution in [0.2, 0.25) is 0 Å². The maximum Gasteiger partial charge on any atom is 0.416 e. The Balaban J connectivity index is 0.00000193. The van der Waals surface area contributed by atoms with E-state index < -0.39 is 23.1 Å². The molecule has 0 aromatic heterocycles. The van der Waals surface area contributed by atoms with Crippen LogP contribution in [-0.4, -0.2) is 48.9 Å². The normalized spacial score (nSPS) is 20.4. The zero-order valence-electron chi connectivity index (χ0n) is 18.1. The summed E-state index contributed by atoms with van der Waals surface area (Å²) in [7, 11) is 1.57. The molecule has 182 valence electrons. The smallest absolute Gasteiger partial charge is 0.340 e. The Morgan fingerprint density at radius 3 is 2.45 bits per heavy atom. The van der Waals surface area contributed by atoms with Gasteiger partial charge in [0.1, 0.15) is 11.4 Å². The molecular weight excluding hydrogens is 481 g/mol. The van der Waals surface area contributed by atoms with Crippen LogP contribution < -0.4 is 5.32 Å². The number of nitrogens with zero attached hydrogens (tertiary/aromatic N) is 2. The molecule has 2 aliphatic rings. The standard InChI is InChI=1S/C23H25F4N3O.2ClH/c1-29(15-16-12-18(23(25,26)27)14-19(24)13-16)21(31)22(30-10-8-28-9-11-30)7-6-17-4-2-3-5-20(17)22;;/h2-5,12-14,28H,6-11,15H2,1H3;2*1H. The fraction of sp³-hybridized carbons (Fsp3) is 0.435. The fourth-order valence-corrected chi connectivity index (χ4v) is 4.89. The summed E-state index contributed by atoms with van der Waals surface area (Å²) in [5.74, 6) is -1.13. The highest BCUT2D eigenvalue weighted by atomic mass is 35.5. The highest BCUT2D eigenvalue weighted by Gasteiger charge is 2.51. The number of benzene rings is 2. The van der Waals surface area contributed by atoms with Crippen LogP contribution in [0.15, 0.2) is 42.5 Å². The van der Waals surface area contributed by atoms with Gasteiger partial charge in [-0.25, -0.2) is 4.39 Å². The summed E-state index contributed by atoms with van der Waals surface area (Å²) in [6.45, 7) is 2.83. The molecule has 0 saturated carbocycles. The Hall–Kier alpha value is -1.87. The molecule has 0 bridgehead atoms. The molecule has 1 fully saturated rings. The lowest BCUT2D eigenvalue weighted by molar-refractivity contribution is -0.145. The topological polar surface area (TPSA) is 35.6 Å². The number of rotatable bonds is 4. The third-order valence-corrected chi connectivity index (χ3v) is 6.28. The summed E-state index contributed by atoms with van der Waals surface area (Å²) in [5, 5.41) is 3.30. The monoisotopic (exact) mass is 507 g/mol. The highest BCUT2D eigenvalue weighted by Crippen LogP contribution is 2.43. The van der Waals surface area contributed by atoms with Gasteiger partial charge in [0.2, 0.25) is 5.91 Å². The van der Waals surface area contributed by atoms with E-state index in [2.05, 4.69) is 10.2 Å². The van der Waals surface area contributed by atoms with Gasteiger partial charge < -0.3 is 10.2 Å². The maximum absolute atomic E-state index is 13.9. The number of piperazine rings is 1. The van der Waals surface area contributed by atoms with Crippen molar-refractivity contribution in [1.82, 2.24) is 15.1 Å². The molecule has 1 heterocycles. The average Bonchev–Trinajstić information content (AvgIpc) is 3.13. The Bertz CT molecular complexity index is 982. The number of nitrogens with one attached hydrogen (secondary N) is 1. The molecular formula is C23H27Cl2F4N3O. The first kappa shape index (κ1) is 27.4. The number of hydrogen-bond donors (Lipinski definition) is 1. The van der Waals surface area contributed by atoms with E-state index in [1.54, 1.807) is 7.05 Å². The van der Waals surface area contributed by atoms with Crippen LogP contribution in [0.5, 0.6) is 0 Å². The first-order valence-corrected chi connectivity index (χ1v) is 10.4. The molecule has 1 aliphatic heterocycles. The Morgan fingerprint density at radius 2 is 1.79 bits per heavy atom. The number of carbonyl (C=O) groups excluding carboxylic acids is 1. The van der Waals surface area contributed by atoms with Crippen LogP contribution >= 0.6 is 24.8 Å². The molecule has 10 heteroatoms. The molecule has 0 spiro atoms. The van der Waals surface area contributed by atoms with E-state index in [0.29, 0.717) is 25.6 Å². The summed E-state index contributed by atoms with van der Waals surface area (Å²) in [5.41, 5.74) is 0.293. The van der Waals surface area contributed by atoms with E-state index in [9.17, 15) is 22.4 Å². The van der Waals surface area contributed by atoms with Crippen molar-refractivity contribution >= 4 is 30.7 Å². The Labute approximate surface area is 203 Å². The van der Waals surface area contributed by atoms with E-state index in [1.807, 2.05) is 24.3 Å². The quantitative estimate of drug-likeness (QED) is 0.623. The molecule has 1 N–H and O–H groups in total. The number of likely N-dealkylation sites (N-methyl/N-ethyl adjacent to an activating group) is 1. The minimum absolute atomic E-state index is 0. The van der Waals surface area contributed by atoms with Crippen molar-refractivity contribution in [3.8, 4) is 0 Å². The number of alkyl halides is 3. The molecule has 1 atom stereocenters. The van der Waals surface area contributed by atoms with Gasteiger partial charge in [0.15, 0.2) is 0 Å². The molecule has 2 aromatic rings. The van der Waals surface area contributed by atoms with Gasteiger partial charge >= 0.3 is 6.18 Å². The maximum atomic E-state index is 13.9. The molecule has 4 rings (SSSR count). The minimum Gasteiger partial charge on any atom is -0.340 e. The Morgan fingerprint density at radius 1 is 1.12 bits per heavy atom. The highest BCUT2D eigenvalue weighted by molar-refractivity contribution is 5.89. The largest absolute Gasteiger partial charge is 0.416 e. The predicted molar refractivity (Wildman–Crippen MR) is 123 cm³/mol. The van der Waals surface area contributed by atoms with Crippen LogP contribution in [0.3, 0.4) is 0 Å². The number of fused-ring (bicyclic) bond motifs is 1. The van der Waals surface area contributed by atoms with Gasteiger partial charge in [-0.15, -0.1) is 24.8 Å². The van der Waals surface area contributed by atoms with E-state index >= 15 is 0 Å². The lowest BCUT2D eigenvalue weighted by Crippen LogP contribution is -2.60. The number of carbonyl (C=O) groups is 1. The predicted octanol–water partition coefficient (Wildman–Crippen LogP) is 4.39. The first-order valence-electron chi connectivity index (χ1n) is 10.4. The van der Waals surface area contributed by atoms with Crippen molar-refractivity contribution in [2.45, 2.75) is 31.1 Å². The van der Waals surface area contributed by atoms with Crippen LogP contribution in [0.25, 0.3) is 0 Å². The van der Waals surface area contributed by atoms with Crippen LogP contribution in [0, 0.1) is 5.82 Å². The summed E-state index contributed by atoms with van der Waals surface area (Å²) in [4.78, 5) is 17.5. The molecule has 1 amide bonds. The van der Waals surface area contributed by atoms with Crippen LogP contribution in [0.4, 0.5) is 17.6 Å². The summed E-state index contributed by atoms with van der Waals surface area (Å²) in [6, 6.07) is 10.3. The Kier molecular flexibility index (Phi) is 8.79. The molecule has 1 saturated heterocycles. The van der Waals surface area contributed by atoms with Crippen LogP contribution in [0.1, 0.15) is 28.7 Å². The van der Waals surface area contributed by atoms with Gasteiger partial charge in [-0.2, -0.15) is 13.2 Å². The van der Waals surface area contributed by atoms with Crippen molar-refractivity contribution in [3.63, 3.8) is 0 Å². The first-order chi connectivity index (χ1) is 14.7. The van der Waals surface area contributed by atoms with E-state index in [1.165, 1.54) is 4.90 Å². The van der Waals surface area contributed by atoms with E-state index in [4.69, 9.17) is 0 Å². The summed E-state index contributed by atoms with van der Waals surface area (Å²) < 4.78 is 53.2. The second kappa shape index (κ2) is 10.6. The molecule has 4 nitrogen and oxygen atoms in total. The van der Waals surface area contributed by atoms with Gasteiger partial charge in [0.05, 0.1) is 5.56 Å². The van der Waals surface area contributed by atoms with Gasteiger partial charge in [-0.05, 0) is 47.7 Å². The van der Waals surface area contributed by atoms with Crippen LogP contribution in [-0.2, 0) is 29.5 Å². The van der Waals surface area contributed by atoms with Gasteiger partial charge in [0, 0.05) is 39.8 Å². The van der Waals surface area contributed by atoms with Gasteiger partial charge in [-0.1, -0.05) is 24.3 Å². The number of amides is 1. The second-order valence-electron chi connectivity index (χ2n) is 8.26. The van der Waals surface area contributed by atoms with Crippen molar-refractivity contribution in [2.75, 3.05) is 33.2 Å². The lowest BCUT2D eigenvalue weighted by Gasteiger charge is -2.44. The SMILES string of the molecule is CN(Cc1cc(F)cc(C(F)(F)F)c1)C(=O)C1(N2CCNCC2)CCc2ccccc21.Cl.Cl. The van der Waals surface area contributed by atoms with E-state index in [-0.39, 0.29) is 42.8 Å². The van der Waals surface area contributed by atoms with Crippen molar-refractivity contribution < 1.29 is 22.4 Å². The third kappa shape index (κ3) is 5.29. The molecule has 1 unspecified atom stereocenters. The summed E-state index contributed by atoms with van der Waals surface area (Å²) >= 11 is 0. The average molecular weight is 508 g/mol. The number of halogens is 6. The number of hydrogen-bond acceptors (Lipinski definition) is 3. The number of aryl methyl sites for hydroxylation is 1. The lowest BCUT2D eigenvalue weighted by atomic mass is 9.87. The second-order valence-corrected chi connectivity index (χ2v) is 8.26. The zero-order valence-corrected chi connectivity index (χ0v) is 19.8. The molecule has 1 aliphatic carbocycles. The van der Waals surface area contributed by atoms with Crippen molar-refractivity contribution in [2.24, 2.45) is 0 Å².